The molecule has 0 atom stereocenters. The lowest BCUT2D eigenvalue weighted by molar-refractivity contribution is -0.117. The standard InChI is InChI=1S/C23H17F2N5O2/c24-16-3-1-2-14(20(16)25)13-6-7-17-15(10-13)21(30-29-17)23(32)28-19-11-26-9-8-18(19)27-22(31)12-4-5-12/h1-3,6-12H,4-5H2,(H,28,32)(H,29,30)(H,26,27,31). The van der Waals surface area contributed by atoms with Crippen LogP contribution in [0.1, 0.15) is 23.3 Å². The molecule has 0 spiro atoms. The second-order valence-corrected chi connectivity index (χ2v) is 7.57. The van der Waals surface area contributed by atoms with E-state index in [1.54, 1.807) is 24.3 Å². The molecule has 3 N–H and O–H groups in total. The molecule has 160 valence electrons. The number of nitrogens with zero attached hydrogens (tertiary/aromatic N) is 2. The average Bonchev–Trinajstić information content (AvgIpc) is 3.56. The number of aromatic nitrogens is 3. The van der Waals surface area contributed by atoms with E-state index in [1.807, 2.05) is 0 Å². The lowest BCUT2D eigenvalue weighted by Gasteiger charge is -2.11. The average molecular weight is 433 g/mol. The highest BCUT2D eigenvalue weighted by Crippen LogP contribution is 2.32. The summed E-state index contributed by atoms with van der Waals surface area (Å²) in [5, 5.41) is 12.8. The smallest absolute Gasteiger partial charge is 0.276 e. The van der Waals surface area contributed by atoms with E-state index in [0.717, 1.165) is 18.9 Å². The number of H-pyrrole nitrogens is 1. The van der Waals surface area contributed by atoms with Crippen molar-refractivity contribution in [2.45, 2.75) is 12.8 Å². The largest absolute Gasteiger partial charge is 0.324 e. The maximum atomic E-state index is 14.3. The van der Waals surface area contributed by atoms with Crippen molar-refractivity contribution in [3.8, 4) is 11.1 Å². The summed E-state index contributed by atoms with van der Waals surface area (Å²) >= 11 is 0. The van der Waals surface area contributed by atoms with E-state index in [1.165, 1.54) is 24.5 Å². The molecular formula is C23H17F2N5O2. The zero-order valence-corrected chi connectivity index (χ0v) is 16.7. The summed E-state index contributed by atoms with van der Waals surface area (Å²) in [6.45, 7) is 0. The third-order valence-electron chi connectivity index (χ3n) is 5.32. The summed E-state index contributed by atoms with van der Waals surface area (Å²) in [4.78, 5) is 29.1. The fourth-order valence-corrected chi connectivity index (χ4v) is 3.45. The topological polar surface area (TPSA) is 99.8 Å². The molecular weight excluding hydrogens is 416 g/mol. The Hall–Kier alpha value is -4.14. The van der Waals surface area contributed by atoms with Gasteiger partial charge in [-0.15, -0.1) is 0 Å². The number of nitrogens with one attached hydrogen (secondary N) is 3. The monoisotopic (exact) mass is 433 g/mol. The van der Waals surface area contributed by atoms with Gasteiger partial charge in [-0.2, -0.15) is 5.10 Å². The van der Waals surface area contributed by atoms with Gasteiger partial charge in [-0.3, -0.25) is 19.7 Å². The molecule has 2 aromatic heterocycles. The van der Waals surface area contributed by atoms with Gasteiger partial charge in [0.05, 0.1) is 23.1 Å². The zero-order valence-electron chi connectivity index (χ0n) is 16.7. The predicted molar refractivity (Wildman–Crippen MR) is 115 cm³/mol. The number of pyridine rings is 1. The van der Waals surface area contributed by atoms with Crippen molar-refractivity contribution < 1.29 is 18.4 Å². The molecule has 1 saturated carbocycles. The summed E-state index contributed by atoms with van der Waals surface area (Å²) in [7, 11) is 0. The van der Waals surface area contributed by atoms with Gasteiger partial charge in [-0.05, 0) is 42.7 Å². The van der Waals surface area contributed by atoms with Gasteiger partial charge in [-0.1, -0.05) is 18.2 Å². The van der Waals surface area contributed by atoms with Gasteiger partial charge < -0.3 is 10.6 Å². The number of halogens is 2. The first-order valence-corrected chi connectivity index (χ1v) is 10.00. The lowest BCUT2D eigenvalue weighted by Crippen LogP contribution is -2.18. The molecule has 2 aromatic carbocycles. The van der Waals surface area contributed by atoms with Crippen LogP contribution in [0.25, 0.3) is 22.0 Å². The van der Waals surface area contributed by atoms with Gasteiger partial charge in [-0.25, -0.2) is 8.78 Å². The van der Waals surface area contributed by atoms with Gasteiger partial charge in [0.25, 0.3) is 5.91 Å². The van der Waals surface area contributed by atoms with Crippen molar-refractivity contribution in [3.63, 3.8) is 0 Å². The van der Waals surface area contributed by atoms with Crippen LogP contribution in [0.15, 0.2) is 54.9 Å². The molecule has 1 aliphatic rings. The van der Waals surface area contributed by atoms with Crippen LogP contribution in [0.4, 0.5) is 20.2 Å². The molecule has 1 aliphatic carbocycles. The molecule has 0 unspecified atom stereocenters. The third-order valence-corrected chi connectivity index (χ3v) is 5.32. The molecule has 0 radical (unpaired) electrons. The number of carbonyl (C=O) groups is 2. The number of rotatable bonds is 5. The van der Waals surface area contributed by atoms with E-state index < -0.39 is 17.5 Å². The first kappa shape index (κ1) is 19.8. The number of benzene rings is 2. The predicted octanol–water partition coefficient (Wildman–Crippen LogP) is 4.50. The molecule has 7 nitrogen and oxygen atoms in total. The number of anilines is 2. The van der Waals surface area contributed by atoms with Crippen LogP contribution in [0.2, 0.25) is 0 Å². The minimum atomic E-state index is -0.965. The van der Waals surface area contributed by atoms with Crippen LogP contribution in [-0.2, 0) is 4.79 Å². The highest BCUT2D eigenvalue weighted by Gasteiger charge is 2.30. The normalized spacial score (nSPS) is 13.2. The second kappa shape index (κ2) is 7.84. The summed E-state index contributed by atoms with van der Waals surface area (Å²) in [6, 6.07) is 10.4. The SMILES string of the molecule is O=C(Nc1cnccc1NC(=O)C1CC1)c1n[nH]c2ccc(-c3cccc(F)c3F)cc12. The highest BCUT2D eigenvalue weighted by molar-refractivity contribution is 6.13. The quantitative estimate of drug-likeness (QED) is 0.431. The van der Waals surface area contributed by atoms with Crippen molar-refractivity contribution in [1.29, 1.82) is 0 Å². The van der Waals surface area contributed by atoms with Gasteiger partial charge in [0.1, 0.15) is 0 Å². The number of aromatic amines is 1. The summed E-state index contributed by atoms with van der Waals surface area (Å²) < 4.78 is 27.9. The Morgan fingerprint density at radius 1 is 1.03 bits per heavy atom. The Bertz CT molecular complexity index is 1360. The number of carbonyl (C=O) groups excluding carboxylic acids is 2. The van der Waals surface area contributed by atoms with Crippen LogP contribution in [0.3, 0.4) is 0 Å². The van der Waals surface area contributed by atoms with Crippen LogP contribution < -0.4 is 10.6 Å². The van der Waals surface area contributed by atoms with Crippen molar-refractivity contribution in [1.82, 2.24) is 15.2 Å². The highest BCUT2D eigenvalue weighted by atomic mass is 19.2. The van der Waals surface area contributed by atoms with Gasteiger partial charge in [0.2, 0.25) is 5.91 Å². The van der Waals surface area contributed by atoms with E-state index in [-0.39, 0.29) is 23.1 Å². The summed E-state index contributed by atoms with van der Waals surface area (Å²) in [5.41, 5.74) is 1.88. The minimum absolute atomic E-state index is 0.00337. The Labute approximate surface area is 180 Å². The number of fused-ring (bicyclic) bond motifs is 1. The Morgan fingerprint density at radius 3 is 2.69 bits per heavy atom. The zero-order chi connectivity index (χ0) is 22.2. The van der Waals surface area contributed by atoms with Gasteiger partial charge in [0.15, 0.2) is 17.3 Å². The molecule has 0 aliphatic heterocycles. The molecule has 4 aromatic rings. The van der Waals surface area contributed by atoms with Crippen LogP contribution in [0, 0.1) is 17.6 Å². The molecule has 2 amide bonds. The Kier molecular flexibility index (Phi) is 4.85. The third kappa shape index (κ3) is 3.68. The van der Waals surface area contributed by atoms with E-state index in [9.17, 15) is 18.4 Å². The number of hydrogen-bond donors (Lipinski definition) is 3. The molecule has 5 rings (SSSR count). The van der Waals surface area contributed by atoms with Crippen LogP contribution in [0.5, 0.6) is 0 Å². The maximum absolute atomic E-state index is 14.3. The van der Waals surface area contributed by atoms with Crippen LogP contribution >= 0.6 is 0 Å². The fraction of sp³-hybridized carbons (Fsp3) is 0.130. The Morgan fingerprint density at radius 2 is 1.88 bits per heavy atom. The first-order valence-electron chi connectivity index (χ1n) is 10.00. The van der Waals surface area contributed by atoms with Gasteiger partial charge in [0, 0.05) is 23.1 Å². The van der Waals surface area contributed by atoms with E-state index in [4.69, 9.17) is 0 Å². The van der Waals surface area contributed by atoms with Crippen molar-refractivity contribution in [2.24, 2.45) is 5.92 Å². The lowest BCUT2D eigenvalue weighted by atomic mass is 10.0. The van der Waals surface area contributed by atoms with Crippen molar-refractivity contribution in [2.75, 3.05) is 10.6 Å². The van der Waals surface area contributed by atoms with E-state index in [2.05, 4.69) is 25.8 Å². The van der Waals surface area contributed by atoms with Crippen molar-refractivity contribution >= 4 is 34.1 Å². The second-order valence-electron chi connectivity index (χ2n) is 7.57. The molecule has 0 saturated heterocycles. The molecule has 32 heavy (non-hydrogen) atoms. The fourth-order valence-electron chi connectivity index (χ4n) is 3.45. The molecule has 1 fully saturated rings. The maximum Gasteiger partial charge on any atom is 0.276 e. The summed E-state index contributed by atoms with van der Waals surface area (Å²) in [5.74, 6) is -2.55. The first-order chi connectivity index (χ1) is 15.5. The molecule has 9 heteroatoms. The van der Waals surface area contributed by atoms with Crippen LogP contribution in [-0.4, -0.2) is 27.0 Å². The van der Waals surface area contributed by atoms with E-state index in [0.29, 0.717) is 27.8 Å². The minimum Gasteiger partial charge on any atom is -0.324 e. The van der Waals surface area contributed by atoms with Crippen molar-refractivity contribution in [3.05, 3.63) is 72.2 Å². The van der Waals surface area contributed by atoms with E-state index >= 15 is 0 Å². The number of amides is 2. The number of hydrogen-bond acceptors (Lipinski definition) is 4. The molecule has 2 heterocycles. The summed E-state index contributed by atoms with van der Waals surface area (Å²) in [6.07, 6.45) is 4.66. The Balaban J connectivity index is 1.46. The van der Waals surface area contributed by atoms with Gasteiger partial charge >= 0.3 is 0 Å². The molecule has 0 bridgehead atoms.